The van der Waals surface area contributed by atoms with Gasteiger partial charge in [0.1, 0.15) is 0 Å². The molecule has 0 fully saturated rings. The van der Waals surface area contributed by atoms with Crippen molar-refractivity contribution >= 4 is 27.1 Å². The topological polar surface area (TPSA) is 73.0 Å². The van der Waals surface area contributed by atoms with E-state index in [9.17, 15) is 9.59 Å². The van der Waals surface area contributed by atoms with Gasteiger partial charge in [-0.05, 0) is 13.3 Å². The average molecular weight is 346 g/mol. The quantitative estimate of drug-likeness (QED) is 0.599. The Morgan fingerprint density at radius 2 is 1.95 bits per heavy atom. The summed E-state index contributed by atoms with van der Waals surface area (Å²) in [5.41, 5.74) is 0.378. The normalized spacial score (nSPS) is 11.4. The van der Waals surface area contributed by atoms with Gasteiger partial charge >= 0.3 is 11.2 Å². The number of aliphatic hydroxyl groups excluding tert-OH is 1. The van der Waals surface area contributed by atoms with Crippen LogP contribution in [0.5, 0.6) is 0 Å². The Hall–Kier alpha value is -1.41. The molecule has 1 N–H and O–H groups in total. The number of rotatable bonds is 4. The van der Waals surface area contributed by atoms with Crippen molar-refractivity contribution < 1.29 is 9.67 Å². The Balaban J connectivity index is 2.94. The lowest BCUT2D eigenvalue weighted by Crippen LogP contribution is -2.43. The van der Waals surface area contributed by atoms with Gasteiger partial charge in [-0.15, -0.1) is 0 Å². The highest BCUT2D eigenvalue weighted by Crippen LogP contribution is 2.13. The summed E-state index contributed by atoms with van der Waals surface area (Å²) in [6.07, 6.45) is 0.376. The second-order valence-corrected chi connectivity index (χ2v) is 5.33. The zero-order valence-corrected chi connectivity index (χ0v) is 13.3. The first-order valence-electron chi connectivity index (χ1n) is 6.44. The molecule has 0 aliphatic rings. The Morgan fingerprint density at radius 1 is 1.30 bits per heavy atom. The summed E-state index contributed by atoms with van der Waals surface area (Å²) in [6.45, 7) is 2.71. The average Bonchev–Trinajstić information content (AvgIpc) is 2.69. The van der Waals surface area contributed by atoms with Crippen molar-refractivity contribution in [1.29, 1.82) is 0 Å². The molecular formula is C12H18BrN4O3+. The van der Waals surface area contributed by atoms with Gasteiger partial charge in [-0.2, -0.15) is 0 Å². The molecule has 0 aromatic carbocycles. The Labute approximate surface area is 123 Å². The van der Waals surface area contributed by atoms with Gasteiger partial charge in [-0.3, -0.25) is 4.79 Å². The van der Waals surface area contributed by atoms with E-state index in [1.165, 1.54) is 9.13 Å². The van der Waals surface area contributed by atoms with Crippen molar-refractivity contribution in [2.45, 2.75) is 26.4 Å². The lowest BCUT2D eigenvalue weighted by Gasteiger charge is -2.04. The van der Waals surface area contributed by atoms with Crippen molar-refractivity contribution in [2.24, 2.45) is 14.1 Å². The highest BCUT2D eigenvalue weighted by molar-refractivity contribution is 9.10. The van der Waals surface area contributed by atoms with E-state index >= 15 is 0 Å². The molecule has 2 rings (SSSR count). The highest BCUT2D eigenvalue weighted by Gasteiger charge is 2.26. The summed E-state index contributed by atoms with van der Waals surface area (Å²) < 4.78 is 6.98. The van der Waals surface area contributed by atoms with Crippen LogP contribution in [-0.4, -0.2) is 25.4 Å². The summed E-state index contributed by atoms with van der Waals surface area (Å²) in [7, 11) is 3.45. The van der Waals surface area contributed by atoms with Gasteiger partial charge in [0, 0.05) is 29.1 Å². The van der Waals surface area contributed by atoms with Crippen molar-refractivity contribution in [2.75, 3.05) is 6.61 Å². The van der Waals surface area contributed by atoms with Gasteiger partial charge < -0.3 is 5.11 Å². The monoisotopic (exact) mass is 345 g/mol. The lowest BCUT2D eigenvalue weighted by atomic mass is 10.4. The van der Waals surface area contributed by atoms with Gasteiger partial charge in [-0.1, -0.05) is 0 Å². The molecule has 0 amide bonds. The number of aryl methyl sites for hydroxylation is 3. The fourth-order valence-electron chi connectivity index (χ4n) is 2.44. The zero-order valence-electron chi connectivity index (χ0n) is 11.8. The van der Waals surface area contributed by atoms with E-state index in [2.05, 4.69) is 15.9 Å². The number of imidazole rings is 1. The number of aromatic nitrogens is 4. The fraction of sp³-hybridized carbons (Fsp3) is 0.583. The van der Waals surface area contributed by atoms with E-state index in [4.69, 9.17) is 5.11 Å². The van der Waals surface area contributed by atoms with E-state index < -0.39 is 0 Å². The summed E-state index contributed by atoms with van der Waals surface area (Å²) in [5, 5.41) is 8.90. The summed E-state index contributed by atoms with van der Waals surface area (Å²) >= 11 is 3.45. The number of fused-ring (bicyclic) bond motifs is 1. The highest BCUT2D eigenvalue weighted by atomic mass is 79.9. The van der Waals surface area contributed by atoms with E-state index in [0.29, 0.717) is 24.1 Å². The third-order valence-electron chi connectivity index (χ3n) is 3.44. The van der Waals surface area contributed by atoms with Gasteiger partial charge in [0.25, 0.3) is 10.4 Å². The van der Waals surface area contributed by atoms with Gasteiger partial charge in [0.15, 0.2) is 0 Å². The van der Waals surface area contributed by atoms with Crippen LogP contribution in [0.4, 0.5) is 0 Å². The van der Waals surface area contributed by atoms with Gasteiger partial charge in [0.05, 0.1) is 20.6 Å². The SMILES string of the molecule is CCn1c(Br)[n+](C)c2c1c(=O)n(CCCO)c(=O)n2C. The van der Waals surface area contributed by atoms with Gasteiger partial charge in [-0.25, -0.2) is 23.1 Å². The maximum absolute atomic E-state index is 12.6. The predicted molar refractivity (Wildman–Crippen MR) is 77.7 cm³/mol. The summed E-state index contributed by atoms with van der Waals surface area (Å²) in [5.74, 6) is 0. The molecule has 0 unspecified atom stereocenters. The molecule has 2 heterocycles. The maximum atomic E-state index is 12.6. The van der Waals surface area contributed by atoms with Crippen LogP contribution in [0, 0.1) is 0 Å². The van der Waals surface area contributed by atoms with Crippen molar-refractivity contribution in [3.63, 3.8) is 0 Å². The number of halogens is 1. The van der Waals surface area contributed by atoms with E-state index in [0.717, 1.165) is 4.73 Å². The first-order chi connectivity index (χ1) is 9.45. The van der Waals surface area contributed by atoms with Crippen LogP contribution >= 0.6 is 15.9 Å². The van der Waals surface area contributed by atoms with Crippen LogP contribution in [0.25, 0.3) is 11.2 Å². The summed E-state index contributed by atoms with van der Waals surface area (Å²) in [6, 6.07) is 0. The Morgan fingerprint density at radius 3 is 2.50 bits per heavy atom. The smallest absolute Gasteiger partial charge is 0.389 e. The third kappa shape index (κ3) is 2.03. The van der Waals surface area contributed by atoms with E-state index in [1.807, 2.05) is 11.5 Å². The van der Waals surface area contributed by atoms with Crippen molar-refractivity contribution in [3.8, 4) is 0 Å². The molecule has 2 aromatic rings. The van der Waals surface area contributed by atoms with Crippen LogP contribution in [0.15, 0.2) is 14.3 Å². The molecule has 0 bridgehead atoms. The second-order valence-electron chi connectivity index (χ2n) is 4.62. The first-order valence-corrected chi connectivity index (χ1v) is 7.23. The van der Waals surface area contributed by atoms with Crippen LogP contribution < -0.4 is 15.8 Å². The zero-order chi connectivity index (χ0) is 15.0. The molecule has 2 aromatic heterocycles. The molecule has 0 aliphatic carbocycles. The lowest BCUT2D eigenvalue weighted by molar-refractivity contribution is -0.660. The van der Waals surface area contributed by atoms with Crippen LogP contribution in [0.2, 0.25) is 0 Å². The Kier molecular flexibility index (Phi) is 4.14. The number of hydrogen-bond acceptors (Lipinski definition) is 3. The van der Waals surface area contributed by atoms with Crippen molar-refractivity contribution in [3.05, 3.63) is 25.6 Å². The number of hydrogen-bond donors (Lipinski definition) is 1. The fourth-order valence-corrected chi connectivity index (χ4v) is 3.03. The van der Waals surface area contributed by atoms with Crippen molar-refractivity contribution in [1.82, 2.24) is 13.7 Å². The number of aliphatic hydroxyl groups is 1. The molecule has 0 saturated heterocycles. The van der Waals surface area contributed by atoms with Crippen LogP contribution in [-0.2, 0) is 27.2 Å². The first kappa shape index (κ1) is 15.0. The van der Waals surface area contributed by atoms with E-state index in [-0.39, 0.29) is 24.4 Å². The van der Waals surface area contributed by atoms with Crippen LogP contribution in [0.1, 0.15) is 13.3 Å². The Bertz CT molecular complexity index is 772. The maximum Gasteiger partial charge on any atom is 0.389 e. The van der Waals surface area contributed by atoms with Crippen LogP contribution in [0.3, 0.4) is 0 Å². The standard InChI is InChI=1S/C12H18BrN4O3/c1-4-16-8-9(14(2)11(16)13)15(3)12(20)17(10(8)19)6-5-7-18/h18H,4-7H2,1-3H3/q+1. The minimum absolute atomic E-state index is 0.0557. The predicted octanol–water partition coefficient (Wildman–Crippen LogP) is -0.509. The minimum Gasteiger partial charge on any atom is -0.396 e. The molecule has 7 nitrogen and oxygen atoms in total. The molecule has 0 radical (unpaired) electrons. The third-order valence-corrected chi connectivity index (χ3v) is 4.40. The van der Waals surface area contributed by atoms with Gasteiger partial charge in [0.2, 0.25) is 5.52 Å². The summed E-state index contributed by atoms with van der Waals surface area (Å²) in [4.78, 5) is 24.8. The molecule has 8 heteroatoms. The molecule has 0 aliphatic heterocycles. The largest absolute Gasteiger partial charge is 0.396 e. The molecular weight excluding hydrogens is 328 g/mol. The minimum atomic E-state index is -0.368. The molecule has 0 atom stereocenters. The molecule has 20 heavy (non-hydrogen) atoms. The number of nitrogens with zero attached hydrogens (tertiary/aromatic N) is 4. The van der Waals surface area contributed by atoms with E-state index in [1.54, 1.807) is 18.7 Å². The molecule has 0 saturated carbocycles. The second kappa shape index (κ2) is 5.53. The molecule has 0 spiro atoms. The molecule has 110 valence electrons.